The zero-order valence-electron chi connectivity index (χ0n) is 77.0. The highest BCUT2D eigenvalue weighted by Gasteiger charge is 2.13. The Morgan fingerprint density at radius 2 is 0.597 bits per heavy atom. The fourth-order valence-electron chi connectivity index (χ4n) is 13.2. The lowest BCUT2D eigenvalue weighted by atomic mass is 10.0. The van der Waals surface area contributed by atoms with E-state index in [1.54, 1.807) is 57.7 Å². The SMILES string of the molecule is COc1ccc(CCc2ccc(CNc3ccc(OC)cc3)cc2)cc1.COc1cccc(CCc2ccc(CNc3cccc(C)c3)cc2)c1.Cc1cc(CN)c(C)cc1CN.Fc1cc(F)nc(NCc2ccc(CNc3nc(F)cc(F)n3)cc2)n1.Fc1cnc(NCc2ccc(CNc3ncc(F)c(Cl)n3)cc2)nc1Cl.Fc1nccc(NCc2ccc(CNc3ccnc(F)n3)cc2)n1. The van der Waals surface area contributed by atoms with Gasteiger partial charge in [0.1, 0.15) is 28.9 Å². The van der Waals surface area contributed by atoms with E-state index >= 15 is 0 Å². The number of halogens is 10. The molecule has 35 heteroatoms. The Hall–Kier alpha value is -15.6. The lowest BCUT2D eigenvalue weighted by Crippen LogP contribution is -2.07. The smallest absolute Gasteiger partial charge is 0.310 e. The van der Waals surface area contributed by atoms with E-state index in [1.807, 2.05) is 97.1 Å². The van der Waals surface area contributed by atoms with E-state index in [0.29, 0.717) is 63.0 Å². The standard InChI is InChI=1S/C23H25NO2.C23H25NO.C16H12Cl2F2N6.C16H12F4N6.C16H14F2N6.C10H16N2/c1-25-22-13-9-19(10-14-22)4-3-18-5-7-20(8-6-18)17-24-21-11-15-23(26-2)16-12-21;1-18-5-3-7-22(15-18)24-17-21-13-10-19(11-14-21)9-12-20-6-4-8-23(16-20)25-2;17-13-11(19)7-23-15(25-13)21-5-9-1-2-10(4-3-9)6-22-16-24-8-12(20)14(18)26-16;17-11-5-12(18)24-15(23-11)21-7-9-1-2-10(4-3-9)8-22-16-25-13(19)6-14(20)26-16;17-15-19-7-5-13(23-15)21-9-11-1-2-12(4-3-11)10-22-14-6-8-20-16(18)24-14;1-7-3-10(6-12)8(2)4-9(7)5-11/h5-16,24H,3-4,17H2,1-2H3;3-8,10-11,13-16,24H,9,12,17H2,1-2H3;1-4,7-8H,5-6H2,(H,21,23,25)(H,22,24,26);1-6H,7-8H2,(H,21,23,24)(H,22,25,26);1-8H,9-10H2,(H,19,21,23)(H,20,22,24);3-4H,5-6,11-12H2,1-2H3. The molecule has 16 aromatic rings. The van der Waals surface area contributed by atoms with Gasteiger partial charge in [0.05, 0.1) is 33.7 Å². The molecule has 0 amide bonds. The predicted molar refractivity (Wildman–Crippen MR) is 529 cm³/mol. The van der Waals surface area contributed by atoms with E-state index in [4.69, 9.17) is 48.9 Å². The minimum atomic E-state index is -0.961. The first-order chi connectivity index (χ1) is 67.3. The molecule has 0 radical (unpaired) electrons. The van der Waals surface area contributed by atoms with Gasteiger partial charge >= 0.3 is 12.2 Å². The lowest BCUT2D eigenvalue weighted by molar-refractivity contribution is 0.414. The molecule has 6 aromatic heterocycles. The van der Waals surface area contributed by atoms with Gasteiger partial charge in [0, 0.05) is 101 Å². The third kappa shape index (κ3) is 36.5. The highest BCUT2D eigenvalue weighted by atomic mass is 35.5. The van der Waals surface area contributed by atoms with Gasteiger partial charge in [0.25, 0.3) is 0 Å². The number of methoxy groups -OCH3 is 3. The van der Waals surface area contributed by atoms with Crippen molar-refractivity contribution in [2.75, 3.05) is 63.9 Å². The second-order valence-electron chi connectivity index (χ2n) is 31.1. The van der Waals surface area contributed by atoms with Crippen LogP contribution in [0.4, 0.5) is 81.9 Å². The lowest BCUT2D eigenvalue weighted by Gasteiger charge is -2.09. The van der Waals surface area contributed by atoms with Crippen LogP contribution in [0.25, 0.3) is 0 Å². The normalized spacial score (nSPS) is 10.5. The van der Waals surface area contributed by atoms with Gasteiger partial charge in [-0.15, -0.1) is 0 Å². The van der Waals surface area contributed by atoms with Crippen LogP contribution in [-0.4, -0.2) is 81.1 Å². The Morgan fingerprint density at radius 3 is 0.942 bits per heavy atom. The first-order valence-electron chi connectivity index (χ1n) is 43.8. The van der Waals surface area contributed by atoms with Gasteiger partial charge in [0.15, 0.2) is 21.9 Å². The summed E-state index contributed by atoms with van der Waals surface area (Å²) in [5, 5.41) is 23.8. The zero-order chi connectivity index (χ0) is 98.6. The number of aromatic nitrogens is 12. The van der Waals surface area contributed by atoms with Crippen LogP contribution < -0.4 is 68.2 Å². The van der Waals surface area contributed by atoms with E-state index in [9.17, 15) is 35.1 Å². The van der Waals surface area contributed by atoms with Crippen molar-refractivity contribution >= 4 is 70.0 Å². The van der Waals surface area contributed by atoms with Crippen LogP contribution >= 0.6 is 23.2 Å². The van der Waals surface area contributed by atoms with Gasteiger partial charge in [0.2, 0.25) is 47.6 Å². The van der Waals surface area contributed by atoms with Gasteiger partial charge in [-0.1, -0.05) is 193 Å². The Labute approximate surface area is 811 Å². The van der Waals surface area contributed by atoms with Gasteiger partial charge in [-0.25, -0.2) is 28.7 Å². The van der Waals surface area contributed by atoms with Crippen molar-refractivity contribution in [2.24, 2.45) is 11.5 Å². The molecule has 718 valence electrons. The average molecular weight is 1930 g/mol. The molecular weight excluding hydrogens is 1830 g/mol. The summed E-state index contributed by atoms with van der Waals surface area (Å²) < 4.78 is 119. The number of benzene rings is 10. The maximum Gasteiger partial charge on any atom is 0.310 e. The van der Waals surface area contributed by atoms with Crippen molar-refractivity contribution in [3.63, 3.8) is 0 Å². The summed E-state index contributed by atoms with van der Waals surface area (Å²) in [6.07, 6.45) is 7.35. The Bertz CT molecular complexity index is 6150. The molecule has 0 saturated heterocycles. The molecule has 10 aromatic carbocycles. The monoisotopic (exact) mass is 1930 g/mol. The molecule has 0 aliphatic rings. The maximum absolute atomic E-state index is 13.0. The maximum atomic E-state index is 13.0. The highest BCUT2D eigenvalue weighted by Crippen LogP contribution is 2.24. The second kappa shape index (κ2) is 54.8. The molecule has 0 atom stereocenters. The Morgan fingerprint density at radius 1 is 0.281 bits per heavy atom. The molecule has 0 aliphatic carbocycles. The van der Waals surface area contributed by atoms with Crippen LogP contribution in [0.2, 0.25) is 10.3 Å². The number of nitrogens with one attached hydrogen (secondary N) is 8. The summed E-state index contributed by atoms with van der Waals surface area (Å²) in [6, 6.07) is 81.9. The number of anilines is 8. The Kier molecular flexibility index (Phi) is 41.0. The van der Waals surface area contributed by atoms with Crippen molar-refractivity contribution in [2.45, 2.75) is 112 Å². The van der Waals surface area contributed by atoms with E-state index in [0.717, 1.165) is 107 Å². The van der Waals surface area contributed by atoms with E-state index in [-0.39, 0.29) is 47.2 Å². The van der Waals surface area contributed by atoms with Crippen LogP contribution in [0.5, 0.6) is 17.2 Å². The molecule has 25 nitrogen and oxygen atoms in total. The molecule has 0 unspecified atom stereocenters. The van der Waals surface area contributed by atoms with E-state index in [2.05, 4.69) is 232 Å². The third-order valence-corrected chi connectivity index (χ3v) is 21.4. The molecular formula is C104H104Cl2F8N22O3. The molecule has 139 heavy (non-hydrogen) atoms. The Balaban J connectivity index is 0.000000162. The van der Waals surface area contributed by atoms with Crippen LogP contribution in [0.3, 0.4) is 0 Å². The molecule has 0 aliphatic heterocycles. The summed E-state index contributed by atoms with van der Waals surface area (Å²) in [6.45, 7) is 11.6. The fraction of sp³-hybridized carbons (Fsp3) is 0.192. The highest BCUT2D eigenvalue weighted by molar-refractivity contribution is 6.29. The number of rotatable bonds is 35. The number of ether oxygens (including phenoxy) is 3. The summed E-state index contributed by atoms with van der Waals surface area (Å²) in [7, 11) is 5.08. The summed E-state index contributed by atoms with van der Waals surface area (Å²) in [5.74, 6) is -1.44. The second-order valence-corrected chi connectivity index (χ2v) is 31.8. The van der Waals surface area contributed by atoms with Crippen molar-refractivity contribution in [1.29, 1.82) is 0 Å². The number of hydrogen-bond donors (Lipinski definition) is 10. The van der Waals surface area contributed by atoms with Crippen LogP contribution in [0.15, 0.2) is 280 Å². The van der Waals surface area contributed by atoms with Gasteiger partial charge < -0.3 is 68.2 Å². The molecule has 0 saturated carbocycles. The van der Waals surface area contributed by atoms with E-state index < -0.39 is 47.6 Å². The minimum Gasteiger partial charge on any atom is -0.497 e. The minimum absolute atomic E-state index is 0.154. The number of aryl methyl sites for hydroxylation is 7. The molecule has 0 bridgehead atoms. The first-order valence-corrected chi connectivity index (χ1v) is 44.6. The van der Waals surface area contributed by atoms with Gasteiger partial charge in [-0.05, 0) is 214 Å². The number of nitrogens with zero attached hydrogens (tertiary/aromatic N) is 12. The van der Waals surface area contributed by atoms with Crippen molar-refractivity contribution in [1.82, 2.24) is 59.8 Å². The van der Waals surface area contributed by atoms with Crippen LogP contribution in [0, 0.1) is 68.4 Å². The first kappa shape index (κ1) is 104. The van der Waals surface area contributed by atoms with Crippen molar-refractivity contribution in [3.05, 3.63) is 432 Å². The molecule has 12 N–H and O–H groups in total. The van der Waals surface area contributed by atoms with Gasteiger partial charge in [-0.3, -0.25) is 0 Å². The topological polar surface area (TPSA) is 331 Å². The van der Waals surface area contributed by atoms with E-state index in [1.165, 1.54) is 79.3 Å². The largest absolute Gasteiger partial charge is 0.497 e. The quantitative estimate of drug-likeness (QED) is 0.0100. The molecule has 6 heterocycles. The summed E-state index contributed by atoms with van der Waals surface area (Å²) in [4.78, 5) is 43.0. The van der Waals surface area contributed by atoms with Crippen LogP contribution in [-0.2, 0) is 91.1 Å². The number of hydrogen-bond acceptors (Lipinski definition) is 25. The van der Waals surface area contributed by atoms with Gasteiger partial charge in [-0.2, -0.15) is 66.2 Å². The fourth-order valence-corrected chi connectivity index (χ4v) is 13.5. The van der Waals surface area contributed by atoms with Crippen molar-refractivity contribution < 1.29 is 49.3 Å². The third-order valence-electron chi connectivity index (χ3n) is 20.9. The molecule has 16 rings (SSSR count). The predicted octanol–water partition coefficient (Wildman–Crippen LogP) is 21.6. The van der Waals surface area contributed by atoms with Crippen LogP contribution in [0.1, 0.15) is 94.6 Å². The van der Waals surface area contributed by atoms with Crippen molar-refractivity contribution in [3.8, 4) is 17.2 Å². The number of nitrogens with two attached hydrogens (primary N) is 2. The summed E-state index contributed by atoms with van der Waals surface area (Å²) >= 11 is 11.2. The molecule has 0 spiro atoms. The zero-order valence-corrected chi connectivity index (χ0v) is 78.5. The average Bonchev–Trinajstić information content (AvgIpc) is 0.843. The molecule has 0 fully saturated rings. The summed E-state index contributed by atoms with van der Waals surface area (Å²) in [5.41, 5.74) is 33.1.